The predicted octanol–water partition coefficient (Wildman–Crippen LogP) is 1.11. The van der Waals surface area contributed by atoms with Crippen LogP contribution in [0.25, 0.3) is 0 Å². The molecule has 0 bridgehead atoms. The molecular formula is C6H10O. The molecule has 0 radical (unpaired) electrons. The fraction of sp³-hybridized carbons (Fsp3) is 0.333. The second-order valence-electron chi connectivity index (χ2n) is 1.36. The SMILES string of the molecule is C=C/C=C/[C@@H](C)O. The molecule has 7 heavy (non-hydrogen) atoms. The van der Waals surface area contributed by atoms with Crippen LogP contribution in [-0.4, -0.2) is 11.2 Å². The first-order chi connectivity index (χ1) is 3.27. The number of hydrogen-bond donors (Lipinski definition) is 1. The molecule has 0 heterocycles. The van der Waals surface area contributed by atoms with E-state index in [1.807, 2.05) is 0 Å². The van der Waals surface area contributed by atoms with E-state index in [1.54, 1.807) is 25.2 Å². The predicted molar refractivity (Wildman–Crippen MR) is 31.0 cm³/mol. The van der Waals surface area contributed by atoms with Crippen LogP contribution in [0.1, 0.15) is 6.92 Å². The van der Waals surface area contributed by atoms with Crippen molar-refractivity contribution in [3.63, 3.8) is 0 Å². The molecule has 1 nitrogen and oxygen atoms in total. The molecule has 1 heteroatoms. The Kier molecular flexibility index (Phi) is 3.33. The standard InChI is InChI=1S/C6H10O/c1-3-4-5-6(2)7/h3-7H,1H2,2H3/b5-4+/t6-/m1/s1. The maximum atomic E-state index is 8.55. The van der Waals surface area contributed by atoms with E-state index < -0.39 is 0 Å². The summed E-state index contributed by atoms with van der Waals surface area (Å²) in [6.45, 7) is 5.13. The average Bonchev–Trinajstić information content (AvgIpc) is 1.61. The molecule has 0 saturated heterocycles. The Morgan fingerprint density at radius 2 is 2.29 bits per heavy atom. The van der Waals surface area contributed by atoms with E-state index in [1.165, 1.54) is 0 Å². The average molecular weight is 98.1 g/mol. The van der Waals surface area contributed by atoms with E-state index in [4.69, 9.17) is 5.11 Å². The second-order valence-corrected chi connectivity index (χ2v) is 1.36. The highest BCUT2D eigenvalue weighted by Crippen LogP contribution is 1.80. The van der Waals surface area contributed by atoms with Crippen molar-refractivity contribution in [2.24, 2.45) is 0 Å². The van der Waals surface area contributed by atoms with Crippen molar-refractivity contribution in [3.05, 3.63) is 24.8 Å². The maximum absolute atomic E-state index is 8.55. The van der Waals surface area contributed by atoms with Gasteiger partial charge in [-0.1, -0.05) is 24.8 Å². The smallest absolute Gasteiger partial charge is 0.0695 e. The van der Waals surface area contributed by atoms with Crippen LogP contribution in [0.15, 0.2) is 24.8 Å². The fourth-order valence-electron chi connectivity index (χ4n) is 0.239. The summed E-state index contributed by atoms with van der Waals surface area (Å²) in [5, 5.41) is 8.55. The zero-order chi connectivity index (χ0) is 5.70. The summed E-state index contributed by atoms with van der Waals surface area (Å²) >= 11 is 0. The van der Waals surface area contributed by atoms with Crippen molar-refractivity contribution in [2.45, 2.75) is 13.0 Å². The van der Waals surface area contributed by atoms with Gasteiger partial charge in [0.25, 0.3) is 0 Å². The van der Waals surface area contributed by atoms with E-state index in [-0.39, 0.29) is 6.10 Å². The van der Waals surface area contributed by atoms with Crippen LogP contribution in [0.4, 0.5) is 0 Å². The van der Waals surface area contributed by atoms with Crippen LogP contribution in [-0.2, 0) is 0 Å². The minimum absolute atomic E-state index is 0.349. The van der Waals surface area contributed by atoms with Crippen LogP contribution < -0.4 is 0 Å². The van der Waals surface area contributed by atoms with E-state index in [0.29, 0.717) is 0 Å². The summed E-state index contributed by atoms with van der Waals surface area (Å²) < 4.78 is 0. The lowest BCUT2D eigenvalue weighted by Crippen LogP contribution is -1.90. The van der Waals surface area contributed by atoms with Gasteiger partial charge >= 0.3 is 0 Å². The lowest BCUT2D eigenvalue weighted by molar-refractivity contribution is 0.244. The van der Waals surface area contributed by atoms with Crippen LogP contribution in [0.5, 0.6) is 0 Å². The largest absolute Gasteiger partial charge is 0.389 e. The third-order valence-corrected chi connectivity index (χ3v) is 0.526. The molecule has 0 aliphatic heterocycles. The third kappa shape index (κ3) is 5.44. The highest BCUT2D eigenvalue weighted by Gasteiger charge is 1.78. The van der Waals surface area contributed by atoms with Gasteiger partial charge in [0.15, 0.2) is 0 Å². The quantitative estimate of drug-likeness (QED) is 0.513. The Morgan fingerprint density at radius 3 is 2.43 bits per heavy atom. The lowest BCUT2D eigenvalue weighted by atomic mass is 10.3. The number of aliphatic hydroxyl groups is 1. The van der Waals surface area contributed by atoms with Crippen molar-refractivity contribution in [3.8, 4) is 0 Å². The maximum Gasteiger partial charge on any atom is 0.0695 e. The molecule has 0 unspecified atom stereocenters. The Hall–Kier alpha value is -0.560. The molecular weight excluding hydrogens is 88.1 g/mol. The summed E-state index contributed by atoms with van der Waals surface area (Å²) in [5.41, 5.74) is 0. The summed E-state index contributed by atoms with van der Waals surface area (Å²) in [5.74, 6) is 0. The van der Waals surface area contributed by atoms with Gasteiger partial charge in [-0.2, -0.15) is 0 Å². The van der Waals surface area contributed by atoms with Crippen LogP contribution in [0.2, 0.25) is 0 Å². The molecule has 0 aliphatic rings. The van der Waals surface area contributed by atoms with Gasteiger partial charge in [0, 0.05) is 0 Å². The highest BCUT2D eigenvalue weighted by molar-refractivity contribution is 4.99. The van der Waals surface area contributed by atoms with E-state index >= 15 is 0 Å². The highest BCUT2D eigenvalue weighted by atomic mass is 16.3. The van der Waals surface area contributed by atoms with Gasteiger partial charge in [0.2, 0.25) is 0 Å². The molecule has 0 fully saturated rings. The Balaban J connectivity index is 3.25. The second kappa shape index (κ2) is 3.62. The van der Waals surface area contributed by atoms with Gasteiger partial charge in [-0.05, 0) is 6.92 Å². The summed E-state index contributed by atoms with van der Waals surface area (Å²) in [7, 11) is 0. The van der Waals surface area contributed by atoms with Crippen LogP contribution in [0, 0.1) is 0 Å². The van der Waals surface area contributed by atoms with E-state index in [0.717, 1.165) is 0 Å². The first-order valence-electron chi connectivity index (χ1n) is 2.24. The molecule has 1 atom stereocenters. The van der Waals surface area contributed by atoms with Gasteiger partial charge < -0.3 is 5.11 Å². The molecule has 0 aromatic rings. The topological polar surface area (TPSA) is 20.2 Å². The van der Waals surface area contributed by atoms with Crippen molar-refractivity contribution < 1.29 is 5.11 Å². The monoisotopic (exact) mass is 98.1 g/mol. The van der Waals surface area contributed by atoms with Crippen molar-refractivity contribution >= 4 is 0 Å². The minimum Gasteiger partial charge on any atom is -0.389 e. The first-order valence-corrected chi connectivity index (χ1v) is 2.24. The van der Waals surface area contributed by atoms with Gasteiger partial charge in [-0.25, -0.2) is 0 Å². The molecule has 0 aliphatic carbocycles. The Bertz CT molecular complexity index is 72.2. The molecule has 0 saturated carbocycles. The molecule has 40 valence electrons. The van der Waals surface area contributed by atoms with Crippen molar-refractivity contribution in [1.82, 2.24) is 0 Å². The van der Waals surface area contributed by atoms with Gasteiger partial charge in [0.1, 0.15) is 0 Å². The first kappa shape index (κ1) is 6.44. The Morgan fingerprint density at radius 1 is 1.71 bits per heavy atom. The molecule has 0 amide bonds. The normalized spacial score (nSPS) is 14.6. The van der Waals surface area contributed by atoms with E-state index in [9.17, 15) is 0 Å². The fourth-order valence-corrected chi connectivity index (χ4v) is 0.239. The Labute approximate surface area is 44.0 Å². The van der Waals surface area contributed by atoms with Crippen LogP contribution in [0.3, 0.4) is 0 Å². The lowest BCUT2D eigenvalue weighted by Gasteiger charge is -1.87. The zero-order valence-corrected chi connectivity index (χ0v) is 4.46. The summed E-state index contributed by atoms with van der Waals surface area (Å²) in [6, 6.07) is 0. The summed E-state index contributed by atoms with van der Waals surface area (Å²) in [6.07, 6.45) is 4.66. The van der Waals surface area contributed by atoms with Gasteiger partial charge in [-0.15, -0.1) is 0 Å². The number of aliphatic hydroxyl groups excluding tert-OH is 1. The molecule has 0 spiro atoms. The third-order valence-electron chi connectivity index (χ3n) is 0.526. The van der Waals surface area contributed by atoms with Crippen molar-refractivity contribution in [1.29, 1.82) is 0 Å². The minimum atomic E-state index is -0.349. The van der Waals surface area contributed by atoms with Gasteiger partial charge in [0.05, 0.1) is 6.10 Å². The molecule has 1 N–H and O–H groups in total. The van der Waals surface area contributed by atoms with Gasteiger partial charge in [-0.3, -0.25) is 0 Å². The van der Waals surface area contributed by atoms with E-state index in [2.05, 4.69) is 6.58 Å². The van der Waals surface area contributed by atoms with Crippen LogP contribution >= 0.6 is 0 Å². The van der Waals surface area contributed by atoms with Crippen molar-refractivity contribution in [2.75, 3.05) is 0 Å². The number of rotatable bonds is 2. The summed E-state index contributed by atoms with van der Waals surface area (Å²) in [4.78, 5) is 0. The molecule has 0 aromatic heterocycles. The molecule has 0 rings (SSSR count). The number of hydrogen-bond acceptors (Lipinski definition) is 1. The zero-order valence-electron chi connectivity index (χ0n) is 4.46. The number of allylic oxidation sites excluding steroid dienone is 2. The molecule has 0 aromatic carbocycles.